The van der Waals surface area contributed by atoms with E-state index in [0.717, 1.165) is 47.8 Å². The third kappa shape index (κ3) is 4.24. The molecule has 1 rings (SSSR count). The Labute approximate surface area is 111 Å². The molecule has 0 aliphatic heterocycles. The summed E-state index contributed by atoms with van der Waals surface area (Å²) < 4.78 is 6.43. The minimum absolute atomic E-state index is 0.479. The third-order valence-corrected chi connectivity index (χ3v) is 3.06. The number of halogens is 1. The average molecular weight is 302 g/mol. The molecule has 1 N–H and O–H groups in total. The molecule has 0 aliphatic carbocycles. The van der Waals surface area contributed by atoms with E-state index in [1.54, 1.807) is 0 Å². The van der Waals surface area contributed by atoms with Gasteiger partial charge in [0.1, 0.15) is 12.4 Å². The molecular weight excluding hydrogens is 282 g/mol. The van der Waals surface area contributed by atoms with E-state index in [9.17, 15) is 0 Å². The van der Waals surface area contributed by atoms with Crippen molar-refractivity contribution < 1.29 is 4.74 Å². The Balaban J connectivity index is 2.86. The molecule has 0 aliphatic rings. The molecule has 0 saturated carbocycles. The van der Waals surface area contributed by atoms with Crippen molar-refractivity contribution in [2.45, 2.75) is 40.2 Å². The molecule has 0 fully saturated rings. The molecular formula is C12H20BrN3O. The van der Waals surface area contributed by atoms with Gasteiger partial charge in [-0.2, -0.15) is 0 Å². The van der Waals surface area contributed by atoms with Gasteiger partial charge in [-0.15, -0.1) is 0 Å². The smallest absolute Gasteiger partial charge is 0.156 e. The van der Waals surface area contributed by atoms with Crippen molar-refractivity contribution in [1.29, 1.82) is 0 Å². The number of nitrogens with one attached hydrogen (secondary N) is 1. The summed E-state index contributed by atoms with van der Waals surface area (Å²) in [7, 11) is 0. The standard InChI is InChI=1S/C12H20BrN3O/c1-4-7-17-8-10-15-9(5-2)11(13)12(16-10)14-6-3/h4-8H2,1-3H3,(H,14,15,16). The highest BCUT2D eigenvalue weighted by molar-refractivity contribution is 9.10. The minimum atomic E-state index is 0.479. The van der Waals surface area contributed by atoms with Crippen LogP contribution >= 0.6 is 15.9 Å². The first kappa shape index (κ1) is 14.4. The largest absolute Gasteiger partial charge is 0.373 e. The predicted octanol–water partition coefficient (Wildman–Crippen LogP) is 3.16. The van der Waals surface area contributed by atoms with Crippen LogP contribution < -0.4 is 5.32 Å². The van der Waals surface area contributed by atoms with Crippen LogP contribution in [-0.2, 0) is 17.8 Å². The van der Waals surface area contributed by atoms with Gasteiger partial charge in [-0.1, -0.05) is 13.8 Å². The highest BCUT2D eigenvalue weighted by atomic mass is 79.9. The second-order valence-corrected chi connectivity index (χ2v) is 4.48. The van der Waals surface area contributed by atoms with Crippen molar-refractivity contribution in [2.75, 3.05) is 18.5 Å². The van der Waals surface area contributed by atoms with Crippen LogP contribution in [0.1, 0.15) is 38.7 Å². The Morgan fingerprint density at radius 2 is 2.00 bits per heavy atom. The van der Waals surface area contributed by atoms with Crippen molar-refractivity contribution in [1.82, 2.24) is 9.97 Å². The lowest BCUT2D eigenvalue weighted by Crippen LogP contribution is -2.09. The van der Waals surface area contributed by atoms with Crippen LogP contribution in [-0.4, -0.2) is 23.1 Å². The lowest BCUT2D eigenvalue weighted by Gasteiger charge is -2.11. The first-order valence-electron chi connectivity index (χ1n) is 6.09. The molecule has 0 bridgehead atoms. The number of hydrogen-bond donors (Lipinski definition) is 1. The summed E-state index contributed by atoms with van der Waals surface area (Å²) in [6, 6.07) is 0. The topological polar surface area (TPSA) is 47.0 Å². The van der Waals surface area contributed by atoms with Crippen LogP contribution in [0.25, 0.3) is 0 Å². The van der Waals surface area contributed by atoms with E-state index in [4.69, 9.17) is 4.74 Å². The Morgan fingerprint density at radius 3 is 2.59 bits per heavy atom. The molecule has 1 aromatic rings. The second-order valence-electron chi connectivity index (χ2n) is 3.69. The third-order valence-electron chi connectivity index (χ3n) is 2.22. The van der Waals surface area contributed by atoms with Crippen LogP contribution in [0.2, 0.25) is 0 Å². The average Bonchev–Trinajstić information content (AvgIpc) is 2.33. The van der Waals surface area contributed by atoms with E-state index in [-0.39, 0.29) is 0 Å². The Bertz CT molecular complexity index is 358. The summed E-state index contributed by atoms with van der Waals surface area (Å²) >= 11 is 3.53. The van der Waals surface area contributed by atoms with E-state index in [1.807, 2.05) is 6.92 Å². The molecule has 5 heteroatoms. The Hall–Kier alpha value is -0.680. The minimum Gasteiger partial charge on any atom is -0.373 e. The summed E-state index contributed by atoms with van der Waals surface area (Å²) in [6.07, 6.45) is 1.89. The van der Waals surface area contributed by atoms with E-state index < -0.39 is 0 Å². The lowest BCUT2D eigenvalue weighted by molar-refractivity contribution is 0.116. The quantitative estimate of drug-likeness (QED) is 0.786. The van der Waals surface area contributed by atoms with Crippen LogP contribution in [0.4, 0.5) is 5.82 Å². The molecule has 17 heavy (non-hydrogen) atoms. The van der Waals surface area contributed by atoms with Gasteiger partial charge >= 0.3 is 0 Å². The monoisotopic (exact) mass is 301 g/mol. The summed E-state index contributed by atoms with van der Waals surface area (Å²) in [4.78, 5) is 8.93. The number of anilines is 1. The molecule has 0 amide bonds. The molecule has 0 atom stereocenters. The van der Waals surface area contributed by atoms with Gasteiger partial charge < -0.3 is 10.1 Å². The normalized spacial score (nSPS) is 10.6. The summed E-state index contributed by atoms with van der Waals surface area (Å²) in [6.45, 7) is 8.29. The van der Waals surface area contributed by atoms with E-state index in [2.05, 4.69) is 45.1 Å². The molecule has 0 aromatic carbocycles. The van der Waals surface area contributed by atoms with Gasteiger partial charge in [0.25, 0.3) is 0 Å². The van der Waals surface area contributed by atoms with Gasteiger partial charge in [-0.25, -0.2) is 9.97 Å². The van der Waals surface area contributed by atoms with Crippen LogP contribution in [0, 0.1) is 0 Å². The zero-order valence-electron chi connectivity index (χ0n) is 10.7. The number of aryl methyl sites for hydroxylation is 1. The first-order chi connectivity index (χ1) is 8.22. The summed E-state index contributed by atoms with van der Waals surface area (Å²) in [5, 5.41) is 3.23. The fourth-order valence-corrected chi connectivity index (χ4v) is 2.03. The van der Waals surface area contributed by atoms with E-state index in [1.165, 1.54) is 0 Å². The van der Waals surface area contributed by atoms with Gasteiger partial charge in [0.15, 0.2) is 5.82 Å². The number of rotatable bonds is 7. The maximum atomic E-state index is 5.47. The van der Waals surface area contributed by atoms with Gasteiger partial charge in [-0.05, 0) is 35.7 Å². The first-order valence-corrected chi connectivity index (χ1v) is 6.89. The Kier molecular flexibility index (Phi) is 6.44. The predicted molar refractivity (Wildman–Crippen MR) is 73.2 cm³/mol. The van der Waals surface area contributed by atoms with E-state index >= 15 is 0 Å². The number of aromatic nitrogens is 2. The van der Waals surface area contributed by atoms with Crippen molar-refractivity contribution in [3.05, 3.63) is 16.0 Å². The van der Waals surface area contributed by atoms with Crippen LogP contribution in [0.5, 0.6) is 0 Å². The molecule has 0 unspecified atom stereocenters. The highest BCUT2D eigenvalue weighted by Crippen LogP contribution is 2.24. The Morgan fingerprint density at radius 1 is 1.24 bits per heavy atom. The molecule has 0 spiro atoms. The van der Waals surface area contributed by atoms with E-state index in [0.29, 0.717) is 6.61 Å². The molecule has 0 saturated heterocycles. The molecule has 0 radical (unpaired) electrons. The van der Waals surface area contributed by atoms with Gasteiger partial charge in [0.05, 0.1) is 10.2 Å². The molecule has 96 valence electrons. The second kappa shape index (κ2) is 7.61. The van der Waals surface area contributed by atoms with Crippen LogP contribution in [0.3, 0.4) is 0 Å². The van der Waals surface area contributed by atoms with Gasteiger partial charge in [0.2, 0.25) is 0 Å². The van der Waals surface area contributed by atoms with Gasteiger partial charge in [-0.3, -0.25) is 0 Å². The molecule has 4 nitrogen and oxygen atoms in total. The SMILES string of the molecule is CCCOCc1nc(CC)c(Br)c(NCC)n1. The maximum absolute atomic E-state index is 5.47. The molecule has 1 aromatic heterocycles. The summed E-state index contributed by atoms with van der Waals surface area (Å²) in [5.74, 6) is 1.60. The van der Waals surface area contributed by atoms with Crippen molar-refractivity contribution >= 4 is 21.7 Å². The van der Waals surface area contributed by atoms with Gasteiger partial charge in [0, 0.05) is 13.2 Å². The number of hydrogen-bond acceptors (Lipinski definition) is 4. The van der Waals surface area contributed by atoms with Crippen molar-refractivity contribution in [2.24, 2.45) is 0 Å². The number of nitrogens with zero attached hydrogens (tertiary/aromatic N) is 2. The highest BCUT2D eigenvalue weighted by Gasteiger charge is 2.10. The molecule has 1 heterocycles. The zero-order chi connectivity index (χ0) is 12.7. The van der Waals surface area contributed by atoms with Crippen LogP contribution in [0.15, 0.2) is 4.47 Å². The maximum Gasteiger partial charge on any atom is 0.156 e. The zero-order valence-corrected chi connectivity index (χ0v) is 12.3. The van der Waals surface area contributed by atoms with Crippen molar-refractivity contribution in [3.8, 4) is 0 Å². The summed E-state index contributed by atoms with van der Waals surface area (Å²) in [5.41, 5.74) is 1.02. The fraction of sp³-hybridized carbons (Fsp3) is 0.667. The lowest BCUT2D eigenvalue weighted by atomic mass is 10.3. The fourth-order valence-electron chi connectivity index (χ4n) is 1.44. The number of ether oxygens (including phenoxy) is 1. The van der Waals surface area contributed by atoms with Crippen molar-refractivity contribution in [3.63, 3.8) is 0 Å².